The summed E-state index contributed by atoms with van der Waals surface area (Å²) in [5.41, 5.74) is 2.18. The van der Waals surface area contributed by atoms with Crippen molar-refractivity contribution in [2.24, 2.45) is 0 Å². The van der Waals surface area contributed by atoms with Crippen LogP contribution < -0.4 is 5.32 Å². The van der Waals surface area contributed by atoms with E-state index in [1.165, 1.54) is 25.7 Å². The summed E-state index contributed by atoms with van der Waals surface area (Å²) in [5.74, 6) is 1.06. The molecule has 0 fully saturated rings. The minimum Gasteiger partial charge on any atom is -0.333 e. The lowest BCUT2D eigenvalue weighted by atomic mass is 10.2. The first-order valence-corrected chi connectivity index (χ1v) is 8.17. The lowest BCUT2D eigenvalue weighted by Gasteiger charge is -2.03. The molecule has 19 heavy (non-hydrogen) atoms. The van der Waals surface area contributed by atoms with Crippen LogP contribution in [0.5, 0.6) is 0 Å². The van der Waals surface area contributed by atoms with E-state index in [-0.39, 0.29) is 0 Å². The van der Waals surface area contributed by atoms with E-state index >= 15 is 0 Å². The molecule has 0 aliphatic heterocycles. The molecule has 2 aromatic rings. The molecule has 1 aromatic carbocycles. The molecule has 1 aromatic heterocycles. The van der Waals surface area contributed by atoms with Gasteiger partial charge in [-0.2, -0.15) is 0 Å². The summed E-state index contributed by atoms with van der Waals surface area (Å²) in [6.45, 7) is 4.44. The molecule has 0 aliphatic carbocycles. The van der Waals surface area contributed by atoms with Gasteiger partial charge in [-0.3, -0.25) is 0 Å². The van der Waals surface area contributed by atoms with E-state index in [2.05, 4.69) is 28.3 Å². The highest BCUT2D eigenvalue weighted by Gasteiger charge is 2.01. The zero-order chi connectivity index (χ0) is 13.3. The first-order chi connectivity index (χ1) is 9.40. The largest absolute Gasteiger partial charge is 0.333 e. The van der Waals surface area contributed by atoms with Gasteiger partial charge in [-0.25, -0.2) is 4.98 Å². The number of hydrogen-bond acceptors (Lipinski definition) is 3. The number of aromatic amines is 1. The number of rotatable bonds is 9. The van der Waals surface area contributed by atoms with Crippen molar-refractivity contribution in [3.63, 3.8) is 0 Å². The fraction of sp³-hybridized carbons (Fsp3) is 0.533. The molecule has 0 atom stereocenters. The highest BCUT2D eigenvalue weighted by Crippen LogP contribution is 2.18. The van der Waals surface area contributed by atoms with Gasteiger partial charge < -0.3 is 10.3 Å². The van der Waals surface area contributed by atoms with E-state index in [0.717, 1.165) is 35.0 Å². The molecule has 0 amide bonds. The summed E-state index contributed by atoms with van der Waals surface area (Å²) in [6, 6.07) is 8.17. The van der Waals surface area contributed by atoms with Crippen molar-refractivity contribution in [1.29, 1.82) is 0 Å². The third-order valence-corrected chi connectivity index (χ3v) is 3.97. The van der Waals surface area contributed by atoms with Gasteiger partial charge in [0.05, 0.1) is 11.0 Å². The van der Waals surface area contributed by atoms with Crippen molar-refractivity contribution in [3.8, 4) is 0 Å². The summed E-state index contributed by atoms with van der Waals surface area (Å²) < 4.78 is 0. The Morgan fingerprint density at radius 3 is 2.89 bits per heavy atom. The molecular weight excluding hydrogens is 254 g/mol. The van der Waals surface area contributed by atoms with Crippen LogP contribution in [0, 0.1) is 0 Å². The lowest BCUT2D eigenvalue weighted by Crippen LogP contribution is -2.18. The van der Waals surface area contributed by atoms with Crippen LogP contribution in [0.3, 0.4) is 0 Å². The Hall–Kier alpha value is -1.00. The van der Waals surface area contributed by atoms with Gasteiger partial charge in [0, 0.05) is 12.3 Å². The van der Waals surface area contributed by atoms with Crippen molar-refractivity contribution in [2.75, 3.05) is 18.8 Å². The Kier molecular flexibility index (Phi) is 6.24. The van der Waals surface area contributed by atoms with Gasteiger partial charge in [-0.15, -0.1) is 0 Å². The van der Waals surface area contributed by atoms with Crippen molar-refractivity contribution < 1.29 is 0 Å². The van der Waals surface area contributed by atoms with Crippen LogP contribution in [0.25, 0.3) is 11.0 Å². The van der Waals surface area contributed by atoms with Crippen molar-refractivity contribution in [1.82, 2.24) is 15.3 Å². The van der Waals surface area contributed by atoms with Gasteiger partial charge in [0.1, 0.15) is 0 Å². The molecule has 0 bridgehead atoms. The van der Waals surface area contributed by atoms with Gasteiger partial charge >= 0.3 is 0 Å². The normalized spacial score (nSPS) is 11.2. The third-order valence-electron chi connectivity index (χ3n) is 3.09. The van der Waals surface area contributed by atoms with Crippen LogP contribution in [0.2, 0.25) is 0 Å². The Morgan fingerprint density at radius 1 is 1.16 bits per heavy atom. The molecule has 2 rings (SSSR count). The maximum atomic E-state index is 4.55. The molecule has 1 heterocycles. The minimum absolute atomic E-state index is 1.02. The predicted octanol–water partition coefficient (Wildman–Crippen LogP) is 3.82. The smallest absolute Gasteiger partial charge is 0.166 e. The number of unbranched alkanes of at least 4 members (excludes halogenated alkanes) is 3. The molecule has 3 nitrogen and oxygen atoms in total. The number of aromatic nitrogens is 2. The Balaban J connectivity index is 1.60. The molecule has 0 spiro atoms. The Bertz CT molecular complexity index is 448. The number of para-hydroxylation sites is 2. The van der Waals surface area contributed by atoms with Crippen molar-refractivity contribution >= 4 is 22.8 Å². The van der Waals surface area contributed by atoms with Gasteiger partial charge in [0.2, 0.25) is 0 Å². The van der Waals surface area contributed by atoms with Crippen LogP contribution in [0.4, 0.5) is 0 Å². The summed E-state index contributed by atoms with van der Waals surface area (Å²) in [5, 5.41) is 4.51. The zero-order valence-corrected chi connectivity index (χ0v) is 12.4. The van der Waals surface area contributed by atoms with Gasteiger partial charge in [-0.05, 0) is 25.1 Å². The highest BCUT2D eigenvalue weighted by molar-refractivity contribution is 7.99. The van der Waals surface area contributed by atoms with Crippen LogP contribution in [0.15, 0.2) is 29.4 Å². The molecule has 0 saturated carbocycles. The summed E-state index contributed by atoms with van der Waals surface area (Å²) in [7, 11) is 0. The second-order valence-electron chi connectivity index (χ2n) is 4.72. The average molecular weight is 277 g/mol. The number of fused-ring (bicyclic) bond motifs is 1. The quantitative estimate of drug-likeness (QED) is 0.540. The van der Waals surface area contributed by atoms with E-state index in [1.54, 1.807) is 11.8 Å². The number of imidazole rings is 1. The predicted molar refractivity (Wildman–Crippen MR) is 83.8 cm³/mol. The highest BCUT2D eigenvalue weighted by atomic mass is 32.2. The lowest BCUT2D eigenvalue weighted by molar-refractivity contribution is 0.612. The maximum Gasteiger partial charge on any atom is 0.166 e. The van der Waals surface area contributed by atoms with Crippen LogP contribution in [0.1, 0.15) is 32.6 Å². The number of benzene rings is 1. The number of H-pyrrole nitrogens is 1. The van der Waals surface area contributed by atoms with Crippen molar-refractivity contribution in [3.05, 3.63) is 24.3 Å². The number of nitrogens with one attached hydrogen (secondary N) is 2. The SMILES string of the molecule is CCCCCCNCCSc1nc2ccccc2[nH]1. The zero-order valence-electron chi connectivity index (χ0n) is 11.6. The van der Waals surface area contributed by atoms with E-state index < -0.39 is 0 Å². The molecule has 0 saturated heterocycles. The minimum atomic E-state index is 1.02. The summed E-state index contributed by atoms with van der Waals surface area (Å²) in [4.78, 5) is 7.89. The van der Waals surface area contributed by atoms with E-state index in [0.29, 0.717) is 0 Å². The fourth-order valence-corrected chi connectivity index (χ4v) is 2.80. The van der Waals surface area contributed by atoms with Crippen LogP contribution >= 0.6 is 11.8 Å². The summed E-state index contributed by atoms with van der Waals surface area (Å²) >= 11 is 1.79. The van der Waals surface area contributed by atoms with Crippen LogP contribution in [-0.4, -0.2) is 28.8 Å². The second kappa shape index (κ2) is 8.23. The molecule has 104 valence electrons. The van der Waals surface area contributed by atoms with E-state index in [9.17, 15) is 0 Å². The number of thioether (sulfide) groups is 1. The summed E-state index contributed by atoms with van der Waals surface area (Å²) in [6.07, 6.45) is 5.31. The molecule has 2 N–H and O–H groups in total. The maximum absolute atomic E-state index is 4.55. The first-order valence-electron chi connectivity index (χ1n) is 7.18. The monoisotopic (exact) mass is 277 g/mol. The number of nitrogens with zero attached hydrogens (tertiary/aromatic N) is 1. The molecule has 0 aliphatic rings. The third kappa shape index (κ3) is 4.88. The Labute approximate surface area is 119 Å². The fourth-order valence-electron chi connectivity index (χ4n) is 2.02. The van der Waals surface area contributed by atoms with Crippen molar-refractivity contribution in [2.45, 2.75) is 37.8 Å². The first kappa shape index (κ1) is 14.4. The molecular formula is C15H23N3S. The van der Waals surface area contributed by atoms with E-state index in [1.807, 2.05) is 18.2 Å². The molecule has 4 heteroatoms. The van der Waals surface area contributed by atoms with E-state index in [4.69, 9.17) is 0 Å². The van der Waals surface area contributed by atoms with Gasteiger partial charge in [0.25, 0.3) is 0 Å². The van der Waals surface area contributed by atoms with Crippen LogP contribution in [-0.2, 0) is 0 Å². The standard InChI is InChI=1S/C15H23N3S/c1-2-3-4-7-10-16-11-12-19-15-17-13-8-5-6-9-14(13)18-15/h5-6,8-9,16H,2-4,7,10-12H2,1H3,(H,17,18). The second-order valence-corrected chi connectivity index (χ2v) is 5.80. The average Bonchev–Trinajstić information content (AvgIpc) is 2.84. The van der Waals surface area contributed by atoms with Gasteiger partial charge in [0.15, 0.2) is 5.16 Å². The van der Waals surface area contributed by atoms with Gasteiger partial charge in [-0.1, -0.05) is 50.1 Å². The number of hydrogen-bond donors (Lipinski definition) is 2. The molecule has 0 radical (unpaired) electrons. The Morgan fingerprint density at radius 2 is 2.05 bits per heavy atom. The molecule has 0 unspecified atom stereocenters. The topological polar surface area (TPSA) is 40.7 Å².